The summed E-state index contributed by atoms with van der Waals surface area (Å²) in [5.74, 6) is 1.07. The number of fused-ring (bicyclic) bond motifs is 2. The fraction of sp³-hybridized carbons (Fsp3) is 0.188. The molecule has 0 N–H and O–H groups in total. The van der Waals surface area contributed by atoms with Crippen molar-refractivity contribution in [1.29, 1.82) is 0 Å². The van der Waals surface area contributed by atoms with Crippen molar-refractivity contribution in [2.45, 2.75) is 24.8 Å². The Morgan fingerprint density at radius 2 is 2.00 bits per heavy atom. The average Bonchev–Trinajstić information content (AvgIpc) is 2.97. The Kier molecular flexibility index (Phi) is 3.93. The summed E-state index contributed by atoms with van der Waals surface area (Å²) in [6, 6.07) is 6.92. The molecule has 4 heterocycles. The molecule has 0 atom stereocenters. The lowest BCUT2D eigenvalue weighted by atomic mass is 10.3. The van der Waals surface area contributed by atoms with E-state index < -0.39 is 0 Å². The largest absolute Gasteiger partial charge is 0.269 e. The van der Waals surface area contributed by atoms with Crippen LogP contribution >= 0.6 is 23.4 Å². The second-order valence-corrected chi connectivity index (χ2v) is 6.99. The molecule has 0 aliphatic heterocycles. The molecular formula is C16H13ClN6OS. The highest BCUT2D eigenvalue weighted by atomic mass is 35.5. The van der Waals surface area contributed by atoms with Gasteiger partial charge in [-0.2, -0.15) is 0 Å². The molecule has 126 valence electrons. The average molecular weight is 373 g/mol. The number of aryl methyl sites for hydroxylation is 2. The van der Waals surface area contributed by atoms with Gasteiger partial charge in [0.15, 0.2) is 5.16 Å². The SMILES string of the molecule is Cc1cc(C)n2c(SCc3cc(=O)n4cc(Cl)ccc4n3)nnc2n1. The van der Waals surface area contributed by atoms with Gasteiger partial charge in [0.2, 0.25) is 0 Å². The lowest BCUT2D eigenvalue weighted by Crippen LogP contribution is -2.15. The summed E-state index contributed by atoms with van der Waals surface area (Å²) in [6.07, 6.45) is 1.56. The van der Waals surface area contributed by atoms with Gasteiger partial charge in [-0.1, -0.05) is 23.4 Å². The molecule has 0 spiro atoms. The Hall–Kier alpha value is -2.45. The molecule has 7 nitrogen and oxygen atoms in total. The highest BCUT2D eigenvalue weighted by molar-refractivity contribution is 7.98. The maximum absolute atomic E-state index is 12.2. The molecule has 4 aromatic heterocycles. The van der Waals surface area contributed by atoms with Crippen molar-refractivity contribution >= 4 is 34.8 Å². The number of hydrogen-bond acceptors (Lipinski definition) is 6. The fourth-order valence-corrected chi connectivity index (χ4v) is 3.67. The Morgan fingerprint density at radius 3 is 2.84 bits per heavy atom. The highest BCUT2D eigenvalue weighted by Gasteiger charge is 2.11. The van der Waals surface area contributed by atoms with Crippen molar-refractivity contribution < 1.29 is 0 Å². The number of thioether (sulfide) groups is 1. The summed E-state index contributed by atoms with van der Waals surface area (Å²) in [7, 11) is 0. The minimum absolute atomic E-state index is 0.164. The van der Waals surface area contributed by atoms with Crippen molar-refractivity contribution in [3.63, 3.8) is 0 Å². The van der Waals surface area contributed by atoms with Crippen molar-refractivity contribution in [3.05, 3.63) is 62.9 Å². The standard InChI is InChI=1S/C16H13ClN6OS/c1-9-5-10(2)23-15(18-9)20-21-16(23)25-8-12-6-14(24)22-7-11(17)3-4-13(22)19-12/h3-7H,8H2,1-2H3. The van der Waals surface area contributed by atoms with Gasteiger partial charge in [0.1, 0.15) is 5.65 Å². The maximum Gasteiger partial charge on any atom is 0.258 e. The van der Waals surface area contributed by atoms with Crippen LogP contribution < -0.4 is 5.56 Å². The van der Waals surface area contributed by atoms with Crippen LogP contribution in [-0.2, 0) is 5.75 Å². The third-order valence-corrected chi connectivity index (χ3v) is 4.87. The minimum Gasteiger partial charge on any atom is -0.269 e. The van der Waals surface area contributed by atoms with Crippen LogP contribution in [0.1, 0.15) is 17.1 Å². The van der Waals surface area contributed by atoms with Gasteiger partial charge >= 0.3 is 0 Å². The van der Waals surface area contributed by atoms with Crippen LogP contribution in [0.15, 0.2) is 40.4 Å². The Bertz CT molecular complexity index is 1170. The summed E-state index contributed by atoms with van der Waals surface area (Å²) in [5.41, 5.74) is 2.98. The molecule has 0 saturated carbocycles. The quantitative estimate of drug-likeness (QED) is 0.514. The number of halogens is 1. The topological polar surface area (TPSA) is 77.5 Å². The van der Waals surface area contributed by atoms with Crippen LogP contribution in [-0.4, -0.2) is 29.0 Å². The van der Waals surface area contributed by atoms with E-state index >= 15 is 0 Å². The first-order valence-electron chi connectivity index (χ1n) is 7.51. The van der Waals surface area contributed by atoms with E-state index in [9.17, 15) is 4.79 Å². The number of hydrogen-bond donors (Lipinski definition) is 0. The van der Waals surface area contributed by atoms with Crippen LogP contribution in [0.4, 0.5) is 0 Å². The van der Waals surface area contributed by atoms with E-state index in [1.807, 2.05) is 24.3 Å². The van der Waals surface area contributed by atoms with Crippen molar-refractivity contribution in [2.75, 3.05) is 0 Å². The minimum atomic E-state index is -0.164. The Morgan fingerprint density at radius 1 is 1.16 bits per heavy atom. The van der Waals surface area contributed by atoms with E-state index in [2.05, 4.69) is 20.2 Å². The van der Waals surface area contributed by atoms with Gasteiger partial charge in [-0.05, 0) is 32.0 Å². The molecule has 0 aromatic carbocycles. The summed E-state index contributed by atoms with van der Waals surface area (Å²) in [4.78, 5) is 21.1. The third-order valence-electron chi connectivity index (χ3n) is 3.69. The van der Waals surface area contributed by atoms with Gasteiger partial charge in [0.05, 0.1) is 10.7 Å². The van der Waals surface area contributed by atoms with Gasteiger partial charge in [-0.25, -0.2) is 9.97 Å². The molecule has 4 rings (SSSR count). The van der Waals surface area contributed by atoms with Crippen molar-refractivity contribution in [3.8, 4) is 0 Å². The molecular weight excluding hydrogens is 360 g/mol. The molecule has 0 bridgehead atoms. The monoisotopic (exact) mass is 372 g/mol. The molecule has 0 aliphatic carbocycles. The van der Waals surface area contributed by atoms with E-state index in [-0.39, 0.29) is 5.56 Å². The van der Waals surface area contributed by atoms with E-state index in [0.29, 0.717) is 27.9 Å². The predicted octanol–water partition coefficient (Wildman–Crippen LogP) is 2.69. The van der Waals surface area contributed by atoms with Crippen LogP contribution in [0.5, 0.6) is 0 Å². The Balaban J connectivity index is 1.67. The first-order chi connectivity index (χ1) is 12.0. The number of nitrogens with zero attached hydrogens (tertiary/aromatic N) is 6. The van der Waals surface area contributed by atoms with Gasteiger partial charge < -0.3 is 0 Å². The smallest absolute Gasteiger partial charge is 0.258 e. The summed E-state index contributed by atoms with van der Waals surface area (Å²) >= 11 is 7.39. The van der Waals surface area contributed by atoms with Crippen molar-refractivity contribution in [1.82, 2.24) is 29.0 Å². The number of rotatable bonds is 3. The summed E-state index contributed by atoms with van der Waals surface area (Å²) in [5, 5.41) is 9.52. The fourth-order valence-electron chi connectivity index (χ4n) is 2.63. The molecule has 25 heavy (non-hydrogen) atoms. The molecule has 0 saturated heterocycles. The van der Waals surface area contributed by atoms with Crippen LogP contribution in [0.3, 0.4) is 0 Å². The normalized spacial score (nSPS) is 11.5. The molecule has 0 fully saturated rings. The van der Waals surface area contributed by atoms with E-state index in [1.165, 1.54) is 22.2 Å². The maximum atomic E-state index is 12.2. The Labute approximate surface area is 151 Å². The van der Waals surface area contributed by atoms with Crippen LogP contribution in [0.25, 0.3) is 11.4 Å². The molecule has 9 heteroatoms. The van der Waals surface area contributed by atoms with Gasteiger partial charge in [0, 0.05) is 29.4 Å². The number of pyridine rings is 1. The summed E-state index contributed by atoms with van der Waals surface area (Å²) in [6.45, 7) is 3.91. The van der Waals surface area contributed by atoms with Crippen LogP contribution in [0.2, 0.25) is 5.02 Å². The molecule has 0 aliphatic rings. The van der Waals surface area contributed by atoms with Gasteiger partial charge in [0.25, 0.3) is 11.3 Å². The molecule has 0 radical (unpaired) electrons. The number of aromatic nitrogens is 6. The second-order valence-electron chi connectivity index (χ2n) is 5.61. The molecule has 0 amide bonds. The van der Waals surface area contributed by atoms with Crippen molar-refractivity contribution in [2.24, 2.45) is 0 Å². The van der Waals surface area contributed by atoms with Gasteiger partial charge in [-0.15, -0.1) is 10.2 Å². The first kappa shape index (κ1) is 16.0. The predicted molar refractivity (Wildman–Crippen MR) is 96.3 cm³/mol. The van der Waals surface area contributed by atoms with Gasteiger partial charge in [-0.3, -0.25) is 13.6 Å². The zero-order chi connectivity index (χ0) is 17.6. The highest BCUT2D eigenvalue weighted by Crippen LogP contribution is 2.22. The lowest BCUT2D eigenvalue weighted by Gasteiger charge is -2.05. The second kappa shape index (κ2) is 6.12. The van der Waals surface area contributed by atoms with E-state index in [0.717, 1.165) is 16.5 Å². The molecule has 4 aromatic rings. The zero-order valence-corrected chi connectivity index (χ0v) is 15.0. The lowest BCUT2D eigenvalue weighted by molar-refractivity contribution is 0.884. The van der Waals surface area contributed by atoms with Crippen LogP contribution in [0, 0.1) is 13.8 Å². The van der Waals surface area contributed by atoms with E-state index in [1.54, 1.807) is 18.3 Å². The first-order valence-corrected chi connectivity index (χ1v) is 8.87. The third kappa shape index (κ3) is 2.98. The zero-order valence-electron chi connectivity index (χ0n) is 13.5. The van der Waals surface area contributed by atoms with E-state index in [4.69, 9.17) is 11.6 Å². The molecule has 0 unspecified atom stereocenters. The summed E-state index contributed by atoms with van der Waals surface area (Å²) < 4.78 is 3.32.